The second kappa shape index (κ2) is 21.9. The molecule has 1 aromatic carbocycles. The summed E-state index contributed by atoms with van der Waals surface area (Å²) in [5.74, 6) is 0.475. The highest BCUT2D eigenvalue weighted by Gasteiger charge is 2.19. The van der Waals surface area contributed by atoms with Gasteiger partial charge in [0.2, 0.25) is 5.75 Å². The highest BCUT2D eigenvalue weighted by molar-refractivity contribution is 5.58. The first kappa shape index (κ1) is 31.6. The number of aryl methyl sites for hydroxylation is 1. The summed E-state index contributed by atoms with van der Waals surface area (Å²) in [6.07, 6.45) is 27.0. The van der Waals surface area contributed by atoms with Crippen LogP contribution in [0.1, 0.15) is 160 Å². The fourth-order valence-electron chi connectivity index (χ4n) is 4.97. The molecular weight excluding hydrogens is 432 g/mol. The van der Waals surface area contributed by atoms with Gasteiger partial charge in [0.25, 0.3) is 0 Å². The van der Waals surface area contributed by atoms with Gasteiger partial charge in [0.1, 0.15) is 0 Å². The van der Waals surface area contributed by atoms with E-state index in [2.05, 4.69) is 20.8 Å². The van der Waals surface area contributed by atoms with Crippen molar-refractivity contribution in [2.24, 2.45) is 0 Å². The van der Waals surface area contributed by atoms with E-state index in [-0.39, 0.29) is 11.5 Å². The third kappa shape index (κ3) is 14.7. The summed E-state index contributed by atoms with van der Waals surface area (Å²) in [4.78, 5) is 0. The average Bonchev–Trinajstić information content (AvgIpc) is 2.86. The van der Waals surface area contributed by atoms with Crippen LogP contribution in [0.2, 0.25) is 0 Å². The number of ether oxygens (including phenoxy) is 1. The molecule has 0 saturated carbocycles. The summed E-state index contributed by atoms with van der Waals surface area (Å²) < 4.78 is 6.18. The minimum absolute atomic E-state index is 0.0244. The third-order valence-electron chi connectivity index (χ3n) is 7.25. The zero-order chi connectivity index (χ0) is 25.6. The fourth-order valence-corrected chi connectivity index (χ4v) is 4.97. The van der Waals surface area contributed by atoms with Crippen molar-refractivity contribution < 1.29 is 14.9 Å². The molecule has 2 N–H and O–H groups in total. The van der Waals surface area contributed by atoms with Crippen molar-refractivity contribution in [2.75, 3.05) is 6.61 Å². The maximum Gasteiger partial charge on any atom is 0.200 e. The van der Waals surface area contributed by atoms with E-state index >= 15 is 0 Å². The molecule has 204 valence electrons. The van der Waals surface area contributed by atoms with Gasteiger partial charge in [0.15, 0.2) is 11.5 Å². The van der Waals surface area contributed by atoms with Crippen molar-refractivity contribution in [2.45, 2.75) is 162 Å². The van der Waals surface area contributed by atoms with E-state index in [1.165, 1.54) is 115 Å². The van der Waals surface area contributed by atoms with Gasteiger partial charge in [-0.2, -0.15) is 0 Å². The van der Waals surface area contributed by atoms with Gasteiger partial charge in [0, 0.05) is 5.56 Å². The smallest absolute Gasteiger partial charge is 0.200 e. The summed E-state index contributed by atoms with van der Waals surface area (Å²) in [5.41, 5.74) is 2.32. The zero-order valence-electron chi connectivity index (χ0n) is 23.6. The van der Waals surface area contributed by atoms with E-state index in [9.17, 15) is 10.2 Å². The van der Waals surface area contributed by atoms with Gasteiger partial charge in [-0.25, -0.2) is 0 Å². The highest BCUT2D eigenvalue weighted by Crippen LogP contribution is 2.42. The van der Waals surface area contributed by atoms with Crippen molar-refractivity contribution in [1.29, 1.82) is 0 Å². The van der Waals surface area contributed by atoms with Crippen molar-refractivity contribution in [1.82, 2.24) is 0 Å². The molecule has 0 aliphatic rings. The standard InChI is InChI=1S/C32H58O3/c1-4-7-10-13-16-17-20-23-26-35-32-29(25-22-19-15-12-9-6-3)28(27-30(33)31(32)34)24-21-18-14-11-8-5-2/h27,33-34H,4-26H2,1-3H3. The van der Waals surface area contributed by atoms with Crippen LogP contribution >= 0.6 is 0 Å². The molecule has 3 heteroatoms. The quantitative estimate of drug-likeness (QED) is 0.112. The molecular formula is C32H58O3. The first-order valence-electron chi connectivity index (χ1n) is 15.3. The van der Waals surface area contributed by atoms with Gasteiger partial charge >= 0.3 is 0 Å². The molecule has 0 aliphatic heterocycles. The first-order valence-corrected chi connectivity index (χ1v) is 15.3. The Morgan fingerprint density at radius 1 is 0.543 bits per heavy atom. The van der Waals surface area contributed by atoms with Crippen LogP contribution in [0.25, 0.3) is 0 Å². The Morgan fingerprint density at radius 3 is 1.49 bits per heavy atom. The number of phenols is 2. The van der Waals surface area contributed by atoms with E-state index in [4.69, 9.17) is 4.74 Å². The summed E-state index contributed by atoms with van der Waals surface area (Å²) in [7, 11) is 0. The molecule has 0 heterocycles. The van der Waals surface area contributed by atoms with E-state index in [1.807, 2.05) is 0 Å². The van der Waals surface area contributed by atoms with Gasteiger partial charge in [-0.1, -0.05) is 130 Å². The van der Waals surface area contributed by atoms with Crippen molar-refractivity contribution in [3.05, 3.63) is 17.2 Å². The minimum atomic E-state index is -0.0581. The largest absolute Gasteiger partial charge is 0.504 e. The Hall–Kier alpha value is -1.38. The van der Waals surface area contributed by atoms with Crippen LogP contribution in [0.3, 0.4) is 0 Å². The van der Waals surface area contributed by atoms with Crippen LogP contribution in [-0.4, -0.2) is 16.8 Å². The fraction of sp³-hybridized carbons (Fsp3) is 0.812. The Bertz CT molecular complexity index is 626. The lowest BCUT2D eigenvalue weighted by Gasteiger charge is -2.18. The molecule has 1 rings (SSSR count). The van der Waals surface area contributed by atoms with Crippen LogP contribution in [-0.2, 0) is 12.8 Å². The predicted octanol–water partition coefficient (Wildman–Crippen LogP) is 10.4. The molecule has 0 unspecified atom stereocenters. The maximum atomic E-state index is 10.7. The van der Waals surface area contributed by atoms with Crippen LogP contribution in [0.5, 0.6) is 17.2 Å². The second-order valence-corrected chi connectivity index (χ2v) is 10.6. The molecule has 1 aromatic rings. The van der Waals surface area contributed by atoms with Crippen LogP contribution in [0.4, 0.5) is 0 Å². The molecule has 0 aromatic heterocycles. The number of benzene rings is 1. The predicted molar refractivity (Wildman–Crippen MR) is 152 cm³/mol. The van der Waals surface area contributed by atoms with Crippen LogP contribution < -0.4 is 4.74 Å². The summed E-state index contributed by atoms with van der Waals surface area (Å²) >= 11 is 0. The summed E-state index contributed by atoms with van der Waals surface area (Å²) in [5, 5.41) is 21.2. The van der Waals surface area contributed by atoms with Gasteiger partial charge in [-0.15, -0.1) is 0 Å². The molecule has 0 fully saturated rings. The van der Waals surface area contributed by atoms with Crippen molar-refractivity contribution in [3.63, 3.8) is 0 Å². The van der Waals surface area contributed by atoms with E-state index in [0.717, 1.165) is 37.7 Å². The Labute approximate surface area is 218 Å². The molecule has 3 nitrogen and oxygen atoms in total. The SMILES string of the molecule is CCCCCCCCCCOc1c(O)c(O)cc(CCCCCCCC)c1CCCCCCCC. The van der Waals surface area contributed by atoms with E-state index in [1.54, 1.807) is 6.07 Å². The lowest BCUT2D eigenvalue weighted by Crippen LogP contribution is -2.05. The Kier molecular flexibility index (Phi) is 19.8. The van der Waals surface area contributed by atoms with E-state index < -0.39 is 0 Å². The van der Waals surface area contributed by atoms with Gasteiger partial charge in [-0.05, 0) is 43.7 Å². The number of hydrogen-bond donors (Lipinski definition) is 2. The molecule has 0 saturated heterocycles. The van der Waals surface area contributed by atoms with Crippen LogP contribution in [0.15, 0.2) is 6.07 Å². The van der Waals surface area contributed by atoms with Gasteiger partial charge < -0.3 is 14.9 Å². The average molecular weight is 491 g/mol. The minimum Gasteiger partial charge on any atom is -0.504 e. The monoisotopic (exact) mass is 490 g/mol. The summed E-state index contributed by atoms with van der Waals surface area (Å²) in [6.45, 7) is 7.38. The number of hydrogen-bond acceptors (Lipinski definition) is 3. The lowest BCUT2D eigenvalue weighted by atomic mass is 9.94. The van der Waals surface area contributed by atoms with Gasteiger partial charge in [-0.3, -0.25) is 0 Å². The van der Waals surface area contributed by atoms with Gasteiger partial charge in [0.05, 0.1) is 6.61 Å². The third-order valence-corrected chi connectivity index (χ3v) is 7.25. The Morgan fingerprint density at radius 2 is 0.971 bits per heavy atom. The number of phenolic OH excluding ortho intramolecular Hbond substituents is 2. The first-order chi connectivity index (χ1) is 17.2. The molecule has 35 heavy (non-hydrogen) atoms. The normalized spacial score (nSPS) is 11.3. The molecule has 0 amide bonds. The highest BCUT2D eigenvalue weighted by atomic mass is 16.5. The van der Waals surface area contributed by atoms with E-state index in [0.29, 0.717) is 12.4 Å². The zero-order valence-corrected chi connectivity index (χ0v) is 23.6. The number of unbranched alkanes of at least 4 members (excludes halogenated alkanes) is 17. The second-order valence-electron chi connectivity index (χ2n) is 10.6. The van der Waals surface area contributed by atoms with Crippen molar-refractivity contribution in [3.8, 4) is 17.2 Å². The lowest BCUT2D eigenvalue weighted by molar-refractivity contribution is 0.279. The topological polar surface area (TPSA) is 49.7 Å². The molecule has 0 bridgehead atoms. The molecule has 0 atom stereocenters. The molecule has 0 radical (unpaired) electrons. The molecule has 0 aliphatic carbocycles. The van der Waals surface area contributed by atoms with Crippen molar-refractivity contribution >= 4 is 0 Å². The number of aromatic hydroxyl groups is 2. The summed E-state index contributed by atoms with van der Waals surface area (Å²) in [6, 6.07) is 1.80. The Balaban J connectivity index is 2.69. The molecule has 0 spiro atoms. The van der Waals surface area contributed by atoms with Crippen LogP contribution in [0, 0.1) is 0 Å². The number of rotatable bonds is 24. The maximum absolute atomic E-state index is 10.7.